The minimum Gasteiger partial charge on any atom is -0.332 e. The van der Waals surface area contributed by atoms with Gasteiger partial charge in [0.05, 0.1) is 24.9 Å². The molecule has 2 aliphatic heterocycles. The first-order valence-corrected chi connectivity index (χ1v) is 8.96. The van der Waals surface area contributed by atoms with Crippen molar-refractivity contribution in [2.24, 2.45) is 5.92 Å². The number of sulfonamides is 1. The monoisotopic (exact) mass is 275 g/mol. The molecule has 0 amide bonds. The van der Waals surface area contributed by atoms with Gasteiger partial charge >= 0.3 is 0 Å². The maximum absolute atomic E-state index is 11.8. The molecular weight excluding hydrogens is 248 g/mol. The van der Waals surface area contributed by atoms with Crippen molar-refractivity contribution < 1.29 is 13.3 Å². The molecule has 18 heavy (non-hydrogen) atoms. The fourth-order valence-corrected chi connectivity index (χ4v) is 4.56. The fraction of sp³-hybridized carbons (Fsp3) is 1.00. The predicted octanol–water partition coefficient (Wildman–Crippen LogP) is 0.115. The fourth-order valence-electron chi connectivity index (χ4n) is 3.42. The third-order valence-corrected chi connectivity index (χ3v) is 6.48. The van der Waals surface area contributed by atoms with E-state index in [-0.39, 0.29) is 5.75 Å². The molecule has 0 aromatic heterocycles. The molecule has 4 nitrogen and oxygen atoms in total. The van der Waals surface area contributed by atoms with Crippen LogP contribution in [0.1, 0.15) is 39.5 Å². The Morgan fingerprint density at radius 1 is 1.22 bits per heavy atom. The van der Waals surface area contributed by atoms with Crippen LogP contribution >= 0.6 is 0 Å². The maximum atomic E-state index is 11.8. The Morgan fingerprint density at radius 3 is 2.44 bits per heavy atom. The summed E-state index contributed by atoms with van der Waals surface area (Å²) >= 11 is 0. The van der Waals surface area contributed by atoms with Crippen molar-refractivity contribution in [1.82, 2.24) is 4.31 Å². The number of quaternary nitrogens is 1. The first kappa shape index (κ1) is 14.3. The zero-order chi connectivity index (χ0) is 13.2. The highest BCUT2D eigenvalue weighted by Gasteiger charge is 2.33. The van der Waals surface area contributed by atoms with Crippen LogP contribution in [0.2, 0.25) is 0 Å². The van der Waals surface area contributed by atoms with Crippen molar-refractivity contribution in [3.8, 4) is 0 Å². The van der Waals surface area contributed by atoms with Crippen LogP contribution in [-0.2, 0) is 10.0 Å². The zero-order valence-corrected chi connectivity index (χ0v) is 12.5. The van der Waals surface area contributed by atoms with E-state index in [1.807, 2.05) is 0 Å². The average molecular weight is 275 g/mol. The molecule has 2 aliphatic rings. The normalized spacial score (nSPS) is 32.6. The zero-order valence-electron chi connectivity index (χ0n) is 11.7. The second-order valence-electron chi connectivity index (χ2n) is 5.93. The molecule has 1 unspecified atom stereocenters. The Bertz CT molecular complexity index is 361. The molecule has 0 aliphatic carbocycles. The van der Waals surface area contributed by atoms with Gasteiger partial charge in [0.1, 0.15) is 0 Å². The molecule has 2 atom stereocenters. The van der Waals surface area contributed by atoms with Gasteiger partial charge in [-0.15, -0.1) is 0 Å². The highest BCUT2D eigenvalue weighted by molar-refractivity contribution is 7.89. The third-order valence-electron chi connectivity index (χ3n) is 4.59. The van der Waals surface area contributed by atoms with Crippen LogP contribution in [0.15, 0.2) is 0 Å². The van der Waals surface area contributed by atoms with E-state index in [0.29, 0.717) is 6.04 Å². The second kappa shape index (κ2) is 5.88. The molecule has 2 rings (SSSR count). The molecular formula is C13H27N2O2S+. The van der Waals surface area contributed by atoms with Crippen molar-refractivity contribution in [3.63, 3.8) is 0 Å². The summed E-state index contributed by atoms with van der Waals surface area (Å²) in [5.74, 6) is 1.08. The van der Waals surface area contributed by atoms with E-state index >= 15 is 0 Å². The van der Waals surface area contributed by atoms with Crippen LogP contribution in [0.25, 0.3) is 0 Å². The second-order valence-corrected chi connectivity index (χ2v) is 8.19. The first-order valence-electron chi connectivity index (χ1n) is 7.35. The molecule has 106 valence electrons. The van der Waals surface area contributed by atoms with Gasteiger partial charge in [0.2, 0.25) is 10.0 Å². The number of rotatable bonds is 3. The molecule has 0 bridgehead atoms. The van der Waals surface area contributed by atoms with Gasteiger partial charge in [0, 0.05) is 31.8 Å². The van der Waals surface area contributed by atoms with Gasteiger partial charge in [-0.05, 0) is 19.8 Å². The summed E-state index contributed by atoms with van der Waals surface area (Å²) in [5.41, 5.74) is 0. The van der Waals surface area contributed by atoms with Crippen LogP contribution in [0.4, 0.5) is 0 Å². The highest BCUT2D eigenvalue weighted by Crippen LogP contribution is 2.14. The van der Waals surface area contributed by atoms with Crippen molar-refractivity contribution in [2.45, 2.75) is 45.6 Å². The SMILES string of the molecule is CCS(=O)(=O)N1CCC([NH+]2CCC[C@H](C)C2)CC1. The van der Waals surface area contributed by atoms with Crippen LogP contribution in [0, 0.1) is 5.92 Å². The largest absolute Gasteiger partial charge is 0.332 e. The van der Waals surface area contributed by atoms with Crippen molar-refractivity contribution >= 4 is 10.0 Å². The van der Waals surface area contributed by atoms with Gasteiger partial charge in [-0.1, -0.05) is 6.92 Å². The molecule has 2 saturated heterocycles. The van der Waals surface area contributed by atoms with E-state index in [1.54, 1.807) is 16.1 Å². The van der Waals surface area contributed by atoms with E-state index in [2.05, 4.69) is 6.92 Å². The van der Waals surface area contributed by atoms with Gasteiger partial charge in [-0.3, -0.25) is 0 Å². The Morgan fingerprint density at radius 2 is 1.89 bits per heavy atom. The summed E-state index contributed by atoms with van der Waals surface area (Å²) in [4.78, 5) is 1.72. The van der Waals surface area contributed by atoms with Gasteiger partial charge in [-0.25, -0.2) is 12.7 Å². The minimum atomic E-state index is -2.96. The molecule has 2 fully saturated rings. The predicted molar refractivity (Wildman–Crippen MR) is 73.2 cm³/mol. The summed E-state index contributed by atoms with van der Waals surface area (Å²) < 4.78 is 25.3. The smallest absolute Gasteiger partial charge is 0.213 e. The van der Waals surface area contributed by atoms with Gasteiger partial charge in [-0.2, -0.15) is 0 Å². The van der Waals surface area contributed by atoms with Crippen molar-refractivity contribution in [3.05, 3.63) is 0 Å². The number of hydrogen-bond acceptors (Lipinski definition) is 2. The topological polar surface area (TPSA) is 41.8 Å². The average Bonchev–Trinajstić information content (AvgIpc) is 2.39. The van der Waals surface area contributed by atoms with Crippen LogP contribution in [0.3, 0.4) is 0 Å². The lowest BCUT2D eigenvalue weighted by atomic mass is 9.96. The maximum Gasteiger partial charge on any atom is 0.213 e. The summed E-state index contributed by atoms with van der Waals surface area (Å²) in [6.07, 6.45) is 4.79. The quantitative estimate of drug-likeness (QED) is 0.795. The number of hydrogen-bond donors (Lipinski definition) is 1. The highest BCUT2D eigenvalue weighted by atomic mass is 32.2. The molecule has 0 saturated carbocycles. The standard InChI is InChI=1S/C13H26N2O2S/c1-3-18(16,17)15-9-6-13(7-10-15)14-8-4-5-12(2)11-14/h12-13H,3-11H2,1-2H3/p+1/t12-/m0/s1. The van der Waals surface area contributed by atoms with Gasteiger partial charge in [0.15, 0.2) is 0 Å². The molecule has 2 heterocycles. The van der Waals surface area contributed by atoms with Crippen molar-refractivity contribution in [2.75, 3.05) is 31.9 Å². The Hall–Kier alpha value is -0.130. The Kier molecular flexibility index (Phi) is 4.67. The molecule has 0 aromatic rings. The lowest BCUT2D eigenvalue weighted by Crippen LogP contribution is -3.17. The molecule has 0 radical (unpaired) electrons. The molecule has 0 aromatic carbocycles. The Balaban J connectivity index is 1.86. The molecule has 1 N–H and O–H groups in total. The minimum absolute atomic E-state index is 0.241. The van der Waals surface area contributed by atoms with E-state index in [9.17, 15) is 8.42 Å². The van der Waals surface area contributed by atoms with E-state index < -0.39 is 10.0 Å². The van der Waals surface area contributed by atoms with Gasteiger partial charge in [0.25, 0.3) is 0 Å². The summed E-state index contributed by atoms with van der Waals surface area (Å²) in [7, 11) is -2.96. The molecule has 0 spiro atoms. The first-order chi connectivity index (χ1) is 8.53. The van der Waals surface area contributed by atoms with Crippen LogP contribution in [-0.4, -0.2) is 50.7 Å². The number of likely N-dealkylation sites (tertiary alicyclic amines) is 1. The van der Waals surface area contributed by atoms with Crippen molar-refractivity contribution in [1.29, 1.82) is 0 Å². The van der Waals surface area contributed by atoms with Crippen LogP contribution < -0.4 is 4.90 Å². The van der Waals surface area contributed by atoms with E-state index in [4.69, 9.17) is 0 Å². The lowest BCUT2D eigenvalue weighted by Gasteiger charge is -2.38. The summed E-state index contributed by atoms with van der Waals surface area (Å²) in [5, 5.41) is 0. The lowest BCUT2D eigenvalue weighted by molar-refractivity contribution is -0.934. The summed E-state index contributed by atoms with van der Waals surface area (Å²) in [6.45, 7) is 8.12. The van der Waals surface area contributed by atoms with Gasteiger partial charge < -0.3 is 4.90 Å². The Labute approximate surface area is 111 Å². The van der Waals surface area contributed by atoms with E-state index in [1.165, 1.54) is 25.9 Å². The third kappa shape index (κ3) is 3.25. The molecule has 5 heteroatoms. The van der Waals surface area contributed by atoms with Crippen LogP contribution in [0.5, 0.6) is 0 Å². The summed E-state index contributed by atoms with van der Waals surface area (Å²) in [6, 6.07) is 0.691. The number of nitrogens with zero attached hydrogens (tertiary/aromatic N) is 1. The number of piperidine rings is 2. The van der Waals surface area contributed by atoms with E-state index in [0.717, 1.165) is 31.8 Å². The number of nitrogens with one attached hydrogen (secondary N) is 1.